The fourth-order valence-corrected chi connectivity index (χ4v) is 1.37. The van der Waals surface area contributed by atoms with E-state index in [1.165, 1.54) is 25.3 Å². The number of aliphatic hydroxyl groups excluding tert-OH is 2. The van der Waals surface area contributed by atoms with Crippen LogP contribution in [0, 0.1) is 0 Å². The van der Waals surface area contributed by atoms with Gasteiger partial charge in [0.15, 0.2) is 6.10 Å². The van der Waals surface area contributed by atoms with E-state index in [4.69, 9.17) is 10.5 Å². The minimum absolute atomic E-state index is 0.307. The zero-order chi connectivity index (χ0) is 13.0. The summed E-state index contributed by atoms with van der Waals surface area (Å²) >= 11 is 0. The first-order valence-corrected chi connectivity index (χ1v) is 4.88. The third kappa shape index (κ3) is 2.86. The maximum atomic E-state index is 11.0. The van der Waals surface area contributed by atoms with Crippen molar-refractivity contribution in [3.63, 3.8) is 0 Å². The van der Waals surface area contributed by atoms with Gasteiger partial charge < -0.3 is 25.4 Å². The monoisotopic (exact) mass is 241 g/mol. The van der Waals surface area contributed by atoms with E-state index < -0.39 is 18.2 Å². The average molecular weight is 241 g/mol. The minimum atomic E-state index is -1.65. The van der Waals surface area contributed by atoms with Gasteiger partial charge in [0.2, 0.25) is 0 Å². The van der Waals surface area contributed by atoms with Gasteiger partial charge in [-0.05, 0) is 17.7 Å². The van der Waals surface area contributed by atoms with Gasteiger partial charge in [0, 0.05) is 0 Å². The summed E-state index contributed by atoms with van der Waals surface area (Å²) in [7, 11) is 2.59. The third-order valence-electron chi connectivity index (χ3n) is 2.34. The van der Waals surface area contributed by atoms with Crippen LogP contribution in [-0.2, 0) is 9.53 Å². The molecule has 2 unspecified atom stereocenters. The number of carbonyl (C=O) groups is 1. The number of nitrogens with two attached hydrogens (primary N) is 1. The Morgan fingerprint density at radius 2 is 2.00 bits per heavy atom. The zero-order valence-corrected chi connectivity index (χ0v) is 9.58. The zero-order valence-electron chi connectivity index (χ0n) is 9.58. The van der Waals surface area contributed by atoms with E-state index in [1.807, 2.05) is 0 Å². The van der Waals surface area contributed by atoms with E-state index in [2.05, 4.69) is 4.74 Å². The van der Waals surface area contributed by atoms with E-state index >= 15 is 0 Å². The van der Waals surface area contributed by atoms with Crippen molar-refractivity contribution < 1.29 is 24.5 Å². The molecule has 0 heterocycles. The molecule has 0 aliphatic carbocycles. The highest BCUT2D eigenvalue weighted by Gasteiger charge is 2.26. The maximum Gasteiger partial charge on any atom is 0.337 e. The molecule has 0 amide bonds. The number of rotatable bonds is 4. The number of nitrogen functional groups attached to an aromatic ring is 1. The summed E-state index contributed by atoms with van der Waals surface area (Å²) in [6.07, 6.45) is -3.04. The van der Waals surface area contributed by atoms with Crippen LogP contribution < -0.4 is 10.5 Å². The Labute approximate surface area is 98.6 Å². The number of benzene rings is 1. The third-order valence-corrected chi connectivity index (χ3v) is 2.34. The van der Waals surface area contributed by atoms with E-state index in [-0.39, 0.29) is 0 Å². The van der Waals surface area contributed by atoms with Gasteiger partial charge in [-0.2, -0.15) is 0 Å². The lowest BCUT2D eigenvalue weighted by molar-refractivity contribution is -0.156. The van der Waals surface area contributed by atoms with Crippen LogP contribution in [0.15, 0.2) is 18.2 Å². The van der Waals surface area contributed by atoms with Crippen LogP contribution in [0.5, 0.6) is 5.75 Å². The fraction of sp³-hybridized carbons (Fsp3) is 0.364. The largest absolute Gasteiger partial charge is 0.495 e. The smallest absolute Gasteiger partial charge is 0.337 e. The lowest BCUT2D eigenvalue weighted by atomic mass is 10.0. The fourth-order valence-electron chi connectivity index (χ4n) is 1.37. The van der Waals surface area contributed by atoms with Crippen LogP contribution in [0.2, 0.25) is 0 Å². The number of ether oxygens (including phenoxy) is 2. The molecule has 1 aromatic rings. The Hall–Kier alpha value is -1.79. The number of methoxy groups -OCH3 is 2. The molecule has 0 aliphatic heterocycles. The standard InChI is InChI=1S/C11H15NO5/c1-16-8-4-3-6(5-7(8)12)9(13)10(14)11(15)17-2/h3-5,9-10,13-14H,12H2,1-2H3. The Bertz CT molecular complexity index is 407. The summed E-state index contributed by atoms with van der Waals surface area (Å²) in [5.41, 5.74) is 6.26. The molecule has 0 aliphatic rings. The second-order valence-corrected chi connectivity index (χ2v) is 3.41. The van der Waals surface area contributed by atoms with Gasteiger partial charge in [-0.15, -0.1) is 0 Å². The second kappa shape index (κ2) is 5.51. The van der Waals surface area contributed by atoms with Gasteiger partial charge in [-0.25, -0.2) is 4.79 Å². The molecule has 17 heavy (non-hydrogen) atoms. The molecule has 2 atom stereocenters. The van der Waals surface area contributed by atoms with Gasteiger partial charge in [0.1, 0.15) is 11.9 Å². The van der Waals surface area contributed by atoms with Crippen molar-refractivity contribution in [1.29, 1.82) is 0 Å². The molecular formula is C11H15NO5. The summed E-state index contributed by atoms with van der Waals surface area (Å²) in [4.78, 5) is 11.0. The molecule has 0 aromatic heterocycles. The molecule has 0 bridgehead atoms. The summed E-state index contributed by atoms with van der Waals surface area (Å²) < 4.78 is 9.27. The molecule has 1 rings (SSSR count). The topological polar surface area (TPSA) is 102 Å². The van der Waals surface area contributed by atoms with Gasteiger partial charge >= 0.3 is 5.97 Å². The van der Waals surface area contributed by atoms with Crippen molar-refractivity contribution in [1.82, 2.24) is 0 Å². The molecule has 0 radical (unpaired) electrons. The molecule has 6 nitrogen and oxygen atoms in total. The van der Waals surface area contributed by atoms with Crippen molar-refractivity contribution in [3.8, 4) is 5.75 Å². The highest BCUT2D eigenvalue weighted by atomic mass is 16.5. The Balaban J connectivity index is 2.93. The highest BCUT2D eigenvalue weighted by Crippen LogP contribution is 2.26. The van der Waals surface area contributed by atoms with Crippen molar-refractivity contribution in [2.45, 2.75) is 12.2 Å². The lowest BCUT2D eigenvalue weighted by Gasteiger charge is -2.17. The van der Waals surface area contributed by atoms with E-state index in [9.17, 15) is 15.0 Å². The molecule has 6 heteroatoms. The molecule has 0 spiro atoms. The van der Waals surface area contributed by atoms with Crippen molar-refractivity contribution in [3.05, 3.63) is 23.8 Å². The minimum Gasteiger partial charge on any atom is -0.495 e. The first kappa shape index (κ1) is 13.3. The van der Waals surface area contributed by atoms with Gasteiger partial charge in [0.05, 0.1) is 19.9 Å². The first-order valence-electron chi connectivity index (χ1n) is 4.88. The summed E-state index contributed by atoms with van der Waals surface area (Å²) in [6, 6.07) is 4.47. The van der Waals surface area contributed by atoms with Crippen LogP contribution in [0.25, 0.3) is 0 Å². The number of carbonyl (C=O) groups excluding carboxylic acids is 1. The normalized spacial score (nSPS) is 13.9. The molecule has 94 valence electrons. The summed E-state index contributed by atoms with van der Waals surface area (Å²) in [5.74, 6) is -0.458. The van der Waals surface area contributed by atoms with Crippen molar-refractivity contribution >= 4 is 11.7 Å². The van der Waals surface area contributed by atoms with Crippen LogP contribution >= 0.6 is 0 Å². The number of esters is 1. The number of hydrogen-bond donors (Lipinski definition) is 3. The van der Waals surface area contributed by atoms with E-state index in [1.54, 1.807) is 0 Å². The van der Waals surface area contributed by atoms with Gasteiger partial charge in [-0.3, -0.25) is 0 Å². The van der Waals surface area contributed by atoms with Crippen LogP contribution in [0.3, 0.4) is 0 Å². The molecule has 0 fully saturated rings. The van der Waals surface area contributed by atoms with Crippen LogP contribution in [0.4, 0.5) is 5.69 Å². The average Bonchev–Trinajstić information content (AvgIpc) is 2.35. The van der Waals surface area contributed by atoms with Gasteiger partial charge in [-0.1, -0.05) is 6.07 Å². The van der Waals surface area contributed by atoms with Crippen LogP contribution in [0.1, 0.15) is 11.7 Å². The Kier molecular flexibility index (Phi) is 4.30. The molecule has 0 saturated heterocycles. The Morgan fingerprint density at radius 3 is 2.47 bits per heavy atom. The molecule has 4 N–H and O–H groups in total. The first-order chi connectivity index (χ1) is 8.01. The SMILES string of the molecule is COC(=O)C(O)C(O)c1ccc(OC)c(N)c1. The number of aliphatic hydroxyl groups is 2. The van der Waals surface area contributed by atoms with Crippen molar-refractivity contribution in [2.75, 3.05) is 20.0 Å². The lowest BCUT2D eigenvalue weighted by Crippen LogP contribution is -2.29. The predicted octanol–water partition coefficient (Wildman–Crippen LogP) is -0.155. The van der Waals surface area contributed by atoms with Gasteiger partial charge in [0.25, 0.3) is 0 Å². The number of anilines is 1. The summed E-state index contributed by atoms with van der Waals surface area (Å²) in [6.45, 7) is 0. The van der Waals surface area contributed by atoms with Crippen LogP contribution in [-0.4, -0.2) is 36.5 Å². The van der Waals surface area contributed by atoms with E-state index in [0.29, 0.717) is 17.0 Å². The number of hydrogen-bond acceptors (Lipinski definition) is 6. The quantitative estimate of drug-likeness (QED) is 0.500. The second-order valence-electron chi connectivity index (χ2n) is 3.41. The summed E-state index contributed by atoms with van der Waals surface area (Å²) in [5, 5.41) is 19.2. The predicted molar refractivity (Wildman–Crippen MR) is 60.4 cm³/mol. The molecular weight excluding hydrogens is 226 g/mol. The Morgan fingerprint density at radius 1 is 1.35 bits per heavy atom. The highest BCUT2D eigenvalue weighted by molar-refractivity contribution is 5.75. The maximum absolute atomic E-state index is 11.0. The molecule has 0 saturated carbocycles. The van der Waals surface area contributed by atoms with E-state index in [0.717, 1.165) is 7.11 Å². The molecule has 1 aromatic carbocycles. The van der Waals surface area contributed by atoms with Crippen molar-refractivity contribution in [2.24, 2.45) is 0 Å².